The van der Waals surface area contributed by atoms with E-state index in [1.807, 2.05) is 19.1 Å². The molecule has 0 spiro atoms. The van der Waals surface area contributed by atoms with Gasteiger partial charge in [-0.3, -0.25) is 4.79 Å². The fourth-order valence-corrected chi connectivity index (χ4v) is 4.82. The smallest absolute Gasteiger partial charge is 0.336 e. The van der Waals surface area contributed by atoms with Crippen molar-refractivity contribution in [1.82, 2.24) is 10.2 Å². The van der Waals surface area contributed by atoms with Crippen molar-refractivity contribution in [2.75, 3.05) is 25.0 Å². The number of halogens is 1. The topological polar surface area (TPSA) is 84.9 Å². The molecule has 1 unspecified atom stereocenters. The van der Waals surface area contributed by atoms with E-state index in [1.54, 1.807) is 67.4 Å². The molecule has 9 heteroatoms. The predicted molar refractivity (Wildman–Crippen MR) is 141 cm³/mol. The Kier molecular flexibility index (Phi) is 10.0. The van der Waals surface area contributed by atoms with Crippen molar-refractivity contribution in [3.05, 3.63) is 93.8 Å². The lowest BCUT2D eigenvalue weighted by Gasteiger charge is -2.34. The number of amides is 1. The largest absolute Gasteiger partial charge is 0.463 e. The Labute approximate surface area is 220 Å². The van der Waals surface area contributed by atoms with Crippen LogP contribution in [0.15, 0.2) is 77.6 Å². The summed E-state index contributed by atoms with van der Waals surface area (Å²) in [6, 6.07) is 16.0. The standard InChI is InChI=1S/C27H29ClN2O5S/c1-4-34-26(32)22-15-30(17-36-16-29-25(31)19-10-7-6-8-11-19)18(3)23(27(33)35-5-2)24(22)20-12-9-13-21(28)14-20/h6-15,24H,4-5,16-17H2,1-3H3,(H,29,31). The number of nitrogens with one attached hydrogen (secondary N) is 1. The fraction of sp³-hybridized carbons (Fsp3) is 0.296. The maximum atomic E-state index is 13.1. The van der Waals surface area contributed by atoms with Gasteiger partial charge in [0.2, 0.25) is 0 Å². The second-order valence-electron chi connectivity index (χ2n) is 7.83. The number of thioether (sulfide) groups is 1. The Morgan fingerprint density at radius 2 is 1.69 bits per heavy atom. The summed E-state index contributed by atoms with van der Waals surface area (Å²) in [4.78, 5) is 40.3. The molecule has 2 aromatic carbocycles. The molecule has 1 aliphatic rings. The zero-order valence-corrected chi connectivity index (χ0v) is 22.0. The number of carbonyl (C=O) groups excluding carboxylic acids is 3. The maximum absolute atomic E-state index is 13.1. The molecule has 1 heterocycles. The summed E-state index contributed by atoms with van der Waals surface area (Å²) < 4.78 is 10.7. The van der Waals surface area contributed by atoms with E-state index >= 15 is 0 Å². The van der Waals surface area contributed by atoms with Gasteiger partial charge in [-0.2, -0.15) is 0 Å². The van der Waals surface area contributed by atoms with Crippen LogP contribution < -0.4 is 5.32 Å². The highest BCUT2D eigenvalue weighted by molar-refractivity contribution is 7.99. The van der Waals surface area contributed by atoms with Crippen molar-refractivity contribution >= 4 is 41.2 Å². The maximum Gasteiger partial charge on any atom is 0.336 e. The molecule has 1 aliphatic heterocycles. The Morgan fingerprint density at radius 3 is 2.36 bits per heavy atom. The minimum absolute atomic E-state index is 0.176. The van der Waals surface area contributed by atoms with Crippen LogP contribution in [0.1, 0.15) is 42.6 Å². The Hall–Kier alpha value is -3.23. The summed E-state index contributed by atoms with van der Waals surface area (Å²) in [5.74, 6) is -1.18. The quantitative estimate of drug-likeness (QED) is 0.261. The second kappa shape index (κ2) is 13.2. The number of hydrogen-bond donors (Lipinski definition) is 1. The van der Waals surface area contributed by atoms with Gasteiger partial charge in [-0.15, -0.1) is 11.8 Å². The van der Waals surface area contributed by atoms with Gasteiger partial charge in [0.05, 0.1) is 42.0 Å². The molecule has 7 nitrogen and oxygen atoms in total. The summed E-state index contributed by atoms with van der Waals surface area (Å²) >= 11 is 7.67. The van der Waals surface area contributed by atoms with Crippen LogP contribution in [0.4, 0.5) is 0 Å². The minimum Gasteiger partial charge on any atom is -0.463 e. The molecule has 0 aliphatic carbocycles. The molecule has 0 radical (unpaired) electrons. The van der Waals surface area contributed by atoms with Crippen molar-refractivity contribution in [2.24, 2.45) is 0 Å². The van der Waals surface area contributed by atoms with Crippen molar-refractivity contribution < 1.29 is 23.9 Å². The average molecular weight is 529 g/mol. The van der Waals surface area contributed by atoms with E-state index < -0.39 is 17.9 Å². The number of allylic oxidation sites excluding steroid dienone is 1. The summed E-state index contributed by atoms with van der Waals surface area (Å²) in [6.07, 6.45) is 1.70. The molecule has 1 atom stereocenters. The number of rotatable bonds is 10. The predicted octanol–water partition coefficient (Wildman–Crippen LogP) is 5.10. The van der Waals surface area contributed by atoms with Gasteiger partial charge in [-0.05, 0) is 50.6 Å². The van der Waals surface area contributed by atoms with Gasteiger partial charge in [0.1, 0.15) is 0 Å². The first kappa shape index (κ1) is 27.4. The van der Waals surface area contributed by atoms with Gasteiger partial charge in [-0.1, -0.05) is 41.9 Å². The van der Waals surface area contributed by atoms with Crippen molar-refractivity contribution in [1.29, 1.82) is 0 Å². The molecule has 1 N–H and O–H groups in total. The monoisotopic (exact) mass is 528 g/mol. The molecule has 1 amide bonds. The van der Waals surface area contributed by atoms with E-state index in [-0.39, 0.29) is 19.1 Å². The first-order chi connectivity index (χ1) is 17.4. The van der Waals surface area contributed by atoms with Gasteiger partial charge < -0.3 is 19.7 Å². The summed E-state index contributed by atoms with van der Waals surface area (Å²) in [5, 5.41) is 3.36. The average Bonchev–Trinajstić information content (AvgIpc) is 2.87. The van der Waals surface area contributed by atoms with E-state index in [0.29, 0.717) is 44.7 Å². The van der Waals surface area contributed by atoms with E-state index in [4.69, 9.17) is 21.1 Å². The van der Waals surface area contributed by atoms with Crippen molar-refractivity contribution in [3.63, 3.8) is 0 Å². The third kappa shape index (κ3) is 6.71. The van der Waals surface area contributed by atoms with Crippen LogP contribution in [0, 0.1) is 0 Å². The van der Waals surface area contributed by atoms with Crippen LogP contribution in [0.3, 0.4) is 0 Å². The summed E-state index contributed by atoms with van der Waals surface area (Å²) in [7, 11) is 0. The molecule has 36 heavy (non-hydrogen) atoms. The molecule has 0 bridgehead atoms. The van der Waals surface area contributed by atoms with Crippen LogP contribution in [0.2, 0.25) is 5.02 Å². The zero-order chi connectivity index (χ0) is 26.1. The lowest BCUT2D eigenvalue weighted by molar-refractivity contribution is -0.139. The van der Waals surface area contributed by atoms with Crippen LogP contribution in [0.5, 0.6) is 0 Å². The molecule has 0 saturated heterocycles. The molecular weight excluding hydrogens is 500 g/mol. The molecule has 0 aromatic heterocycles. The number of esters is 2. The highest BCUT2D eigenvalue weighted by Crippen LogP contribution is 2.41. The first-order valence-electron chi connectivity index (χ1n) is 11.6. The number of carbonyl (C=O) groups is 3. The first-order valence-corrected chi connectivity index (χ1v) is 13.1. The number of benzene rings is 2. The van der Waals surface area contributed by atoms with Crippen LogP contribution >= 0.6 is 23.4 Å². The van der Waals surface area contributed by atoms with E-state index in [1.165, 1.54) is 11.8 Å². The van der Waals surface area contributed by atoms with Gasteiger partial charge in [-0.25, -0.2) is 9.59 Å². The van der Waals surface area contributed by atoms with Gasteiger partial charge in [0.15, 0.2) is 0 Å². The van der Waals surface area contributed by atoms with Crippen LogP contribution in [-0.4, -0.2) is 47.7 Å². The van der Waals surface area contributed by atoms with Crippen molar-refractivity contribution in [3.8, 4) is 0 Å². The molecule has 190 valence electrons. The molecule has 3 rings (SSSR count). The SMILES string of the molecule is CCOC(=O)C1=CN(CSCNC(=O)c2ccccc2)C(C)=C(C(=O)OCC)C1c1cccc(Cl)c1. The Bertz CT molecular complexity index is 1170. The van der Waals surface area contributed by atoms with E-state index in [2.05, 4.69) is 5.32 Å². The van der Waals surface area contributed by atoms with Crippen LogP contribution in [0.25, 0.3) is 0 Å². The number of nitrogens with zero attached hydrogens (tertiary/aromatic N) is 1. The minimum atomic E-state index is -0.694. The van der Waals surface area contributed by atoms with Gasteiger partial charge in [0.25, 0.3) is 5.91 Å². The fourth-order valence-electron chi connectivity index (χ4n) is 3.84. The Morgan fingerprint density at radius 1 is 1.00 bits per heavy atom. The molecule has 2 aromatic rings. The summed E-state index contributed by atoms with van der Waals surface area (Å²) in [5.41, 5.74) is 2.56. The van der Waals surface area contributed by atoms with Gasteiger partial charge >= 0.3 is 11.9 Å². The third-order valence-electron chi connectivity index (χ3n) is 5.50. The van der Waals surface area contributed by atoms with E-state index in [0.717, 1.165) is 0 Å². The lowest BCUT2D eigenvalue weighted by atomic mass is 9.81. The zero-order valence-electron chi connectivity index (χ0n) is 20.5. The highest BCUT2D eigenvalue weighted by atomic mass is 35.5. The molecule has 0 saturated carbocycles. The Balaban J connectivity index is 1.88. The highest BCUT2D eigenvalue weighted by Gasteiger charge is 2.38. The van der Waals surface area contributed by atoms with E-state index in [9.17, 15) is 14.4 Å². The molecular formula is C27H29ClN2O5S. The number of hydrogen-bond acceptors (Lipinski definition) is 7. The third-order valence-corrected chi connectivity index (χ3v) is 6.55. The lowest BCUT2D eigenvalue weighted by Crippen LogP contribution is -2.33. The summed E-state index contributed by atoms with van der Waals surface area (Å²) in [6.45, 7) is 5.65. The van der Waals surface area contributed by atoms with Gasteiger partial charge in [0, 0.05) is 22.5 Å². The number of ether oxygens (including phenoxy) is 2. The second-order valence-corrected chi connectivity index (χ2v) is 9.22. The molecule has 0 fully saturated rings. The van der Waals surface area contributed by atoms with Crippen LogP contribution in [-0.2, 0) is 19.1 Å². The normalized spacial score (nSPS) is 15.3. The van der Waals surface area contributed by atoms with Crippen molar-refractivity contribution in [2.45, 2.75) is 26.7 Å².